The molecule has 0 aromatic heterocycles. The summed E-state index contributed by atoms with van der Waals surface area (Å²) in [7, 11) is 0. The Bertz CT molecular complexity index is 318. The molecule has 0 bridgehead atoms. The molecule has 2 aliphatic rings. The number of nitrogens with zero attached hydrogens (tertiary/aromatic N) is 2. The molecule has 0 N–H and O–H groups in total. The Morgan fingerprint density at radius 1 is 1.24 bits per heavy atom. The molecule has 0 aromatic carbocycles. The van der Waals surface area contributed by atoms with Crippen molar-refractivity contribution in [2.24, 2.45) is 0 Å². The van der Waals surface area contributed by atoms with Crippen LogP contribution in [-0.4, -0.2) is 48.4 Å². The van der Waals surface area contributed by atoms with Gasteiger partial charge in [0.25, 0.3) is 5.92 Å². The van der Waals surface area contributed by atoms with Gasteiger partial charge in [-0.2, -0.15) is 0 Å². The molecule has 96 valence electrons. The van der Waals surface area contributed by atoms with Crippen LogP contribution in [0, 0.1) is 0 Å². The van der Waals surface area contributed by atoms with Crippen molar-refractivity contribution in [3.05, 3.63) is 22.8 Å². The highest BCUT2D eigenvalue weighted by atomic mass is 79.9. The summed E-state index contributed by atoms with van der Waals surface area (Å²) in [4.78, 5) is 4.31. The fourth-order valence-corrected chi connectivity index (χ4v) is 2.58. The molecule has 0 spiro atoms. The summed E-state index contributed by atoms with van der Waals surface area (Å²) in [6.45, 7) is 3.69. The van der Waals surface area contributed by atoms with Crippen LogP contribution in [0.5, 0.6) is 0 Å². The summed E-state index contributed by atoms with van der Waals surface area (Å²) >= 11 is 3.43. The summed E-state index contributed by atoms with van der Waals surface area (Å²) in [6, 6.07) is 0. The van der Waals surface area contributed by atoms with E-state index < -0.39 is 5.92 Å². The van der Waals surface area contributed by atoms with E-state index in [4.69, 9.17) is 0 Å². The standard InChI is InChI=1S/C12H17BrF2N2/c13-11-2-1-5-17(10-11)9-8-16-6-3-12(14,15)4-7-16/h1-2,10H,3-9H2. The third-order valence-corrected chi connectivity index (χ3v) is 3.68. The van der Waals surface area contributed by atoms with E-state index >= 15 is 0 Å². The summed E-state index contributed by atoms with van der Waals surface area (Å²) in [5, 5.41) is 0. The predicted molar refractivity (Wildman–Crippen MR) is 68.3 cm³/mol. The summed E-state index contributed by atoms with van der Waals surface area (Å²) < 4.78 is 27.0. The number of rotatable bonds is 3. The average Bonchev–Trinajstić information content (AvgIpc) is 2.28. The molecule has 1 fully saturated rings. The lowest BCUT2D eigenvalue weighted by Gasteiger charge is -2.33. The number of allylic oxidation sites excluding steroid dienone is 2. The van der Waals surface area contributed by atoms with Crippen molar-refractivity contribution in [3.8, 4) is 0 Å². The van der Waals surface area contributed by atoms with Crippen molar-refractivity contribution in [2.75, 3.05) is 32.7 Å². The van der Waals surface area contributed by atoms with Gasteiger partial charge in [-0.25, -0.2) is 8.78 Å². The van der Waals surface area contributed by atoms with Crippen LogP contribution in [0.1, 0.15) is 12.8 Å². The minimum Gasteiger partial charge on any atom is -0.371 e. The number of halogens is 3. The highest BCUT2D eigenvalue weighted by Crippen LogP contribution is 2.27. The summed E-state index contributed by atoms with van der Waals surface area (Å²) in [6.07, 6.45) is 6.18. The number of alkyl halides is 2. The number of likely N-dealkylation sites (tertiary alicyclic amines) is 1. The van der Waals surface area contributed by atoms with Crippen molar-refractivity contribution >= 4 is 15.9 Å². The highest BCUT2D eigenvalue weighted by molar-refractivity contribution is 9.11. The maximum absolute atomic E-state index is 13.0. The van der Waals surface area contributed by atoms with Crippen LogP contribution in [0.3, 0.4) is 0 Å². The number of hydrogen-bond donors (Lipinski definition) is 0. The van der Waals surface area contributed by atoms with Gasteiger partial charge in [-0.05, 0) is 22.0 Å². The monoisotopic (exact) mass is 306 g/mol. The van der Waals surface area contributed by atoms with E-state index in [1.807, 2.05) is 6.08 Å². The first kappa shape index (κ1) is 13.0. The molecule has 0 atom stereocenters. The molecule has 1 saturated heterocycles. The van der Waals surface area contributed by atoms with E-state index in [1.54, 1.807) is 0 Å². The van der Waals surface area contributed by atoms with Crippen molar-refractivity contribution in [3.63, 3.8) is 0 Å². The largest absolute Gasteiger partial charge is 0.371 e. The van der Waals surface area contributed by atoms with Crippen LogP contribution in [-0.2, 0) is 0 Å². The molecule has 0 unspecified atom stereocenters. The van der Waals surface area contributed by atoms with Gasteiger partial charge < -0.3 is 9.80 Å². The van der Waals surface area contributed by atoms with Crippen molar-refractivity contribution in [1.29, 1.82) is 0 Å². The number of hydrogen-bond acceptors (Lipinski definition) is 2. The van der Waals surface area contributed by atoms with Crippen molar-refractivity contribution < 1.29 is 8.78 Å². The van der Waals surface area contributed by atoms with Crippen LogP contribution in [0.4, 0.5) is 8.78 Å². The molecule has 0 amide bonds. The van der Waals surface area contributed by atoms with Gasteiger partial charge in [-0.1, -0.05) is 6.08 Å². The zero-order valence-electron chi connectivity index (χ0n) is 9.71. The zero-order valence-corrected chi connectivity index (χ0v) is 11.3. The Hall–Kier alpha value is -0.420. The third kappa shape index (κ3) is 4.07. The topological polar surface area (TPSA) is 6.48 Å². The minimum absolute atomic E-state index is 0.00639. The Kier molecular flexibility index (Phi) is 4.20. The molecule has 2 heterocycles. The van der Waals surface area contributed by atoms with Gasteiger partial charge in [0.15, 0.2) is 0 Å². The van der Waals surface area contributed by atoms with Gasteiger partial charge in [0, 0.05) is 56.2 Å². The van der Waals surface area contributed by atoms with Crippen LogP contribution in [0.15, 0.2) is 22.8 Å². The maximum atomic E-state index is 13.0. The molecule has 2 rings (SSSR count). The second kappa shape index (κ2) is 5.48. The fourth-order valence-electron chi connectivity index (χ4n) is 2.10. The Morgan fingerprint density at radius 2 is 1.94 bits per heavy atom. The maximum Gasteiger partial charge on any atom is 0.250 e. The second-order valence-electron chi connectivity index (χ2n) is 4.61. The first-order valence-electron chi connectivity index (χ1n) is 5.93. The van der Waals surface area contributed by atoms with Gasteiger partial charge in [-0.15, -0.1) is 0 Å². The molecule has 0 aliphatic carbocycles. The van der Waals surface area contributed by atoms with E-state index in [-0.39, 0.29) is 12.8 Å². The first-order valence-corrected chi connectivity index (χ1v) is 6.73. The van der Waals surface area contributed by atoms with Crippen molar-refractivity contribution in [1.82, 2.24) is 9.80 Å². The molecule has 0 radical (unpaired) electrons. The predicted octanol–water partition coefficient (Wildman–Crippen LogP) is 2.83. The molecule has 17 heavy (non-hydrogen) atoms. The summed E-state index contributed by atoms with van der Waals surface area (Å²) in [5.41, 5.74) is 0. The average molecular weight is 307 g/mol. The molecule has 5 heteroatoms. The van der Waals surface area contributed by atoms with E-state index in [2.05, 4.69) is 38.0 Å². The van der Waals surface area contributed by atoms with E-state index in [0.29, 0.717) is 13.1 Å². The second-order valence-corrected chi connectivity index (χ2v) is 5.52. The fraction of sp³-hybridized carbons (Fsp3) is 0.667. The van der Waals surface area contributed by atoms with Crippen LogP contribution >= 0.6 is 15.9 Å². The van der Waals surface area contributed by atoms with Crippen LogP contribution in [0.25, 0.3) is 0 Å². The van der Waals surface area contributed by atoms with E-state index in [1.165, 1.54) is 0 Å². The van der Waals surface area contributed by atoms with Gasteiger partial charge in [-0.3, -0.25) is 0 Å². The lowest BCUT2D eigenvalue weighted by atomic mass is 10.1. The number of piperidine rings is 1. The first-order chi connectivity index (χ1) is 8.05. The smallest absolute Gasteiger partial charge is 0.250 e. The van der Waals surface area contributed by atoms with Gasteiger partial charge in [0.2, 0.25) is 0 Å². The van der Waals surface area contributed by atoms with Gasteiger partial charge in [0.1, 0.15) is 0 Å². The normalized spacial score (nSPS) is 24.9. The highest BCUT2D eigenvalue weighted by Gasteiger charge is 2.33. The Balaban J connectivity index is 1.71. The molecule has 2 aliphatic heterocycles. The summed E-state index contributed by atoms with van der Waals surface area (Å²) in [5.74, 6) is -2.44. The third-order valence-electron chi connectivity index (χ3n) is 3.21. The van der Waals surface area contributed by atoms with Crippen molar-refractivity contribution in [2.45, 2.75) is 18.8 Å². The molecule has 0 saturated carbocycles. The molecule has 2 nitrogen and oxygen atoms in total. The van der Waals surface area contributed by atoms with Gasteiger partial charge in [0.05, 0.1) is 0 Å². The van der Waals surface area contributed by atoms with E-state index in [0.717, 1.165) is 24.1 Å². The Labute approximate surface area is 109 Å². The van der Waals surface area contributed by atoms with Gasteiger partial charge >= 0.3 is 0 Å². The molecular formula is C12H17BrF2N2. The lowest BCUT2D eigenvalue weighted by molar-refractivity contribution is -0.0555. The Morgan fingerprint density at radius 3 is 2.59 bits per heavy atom. The molecular weight excluding hydrogens is 290 g/mol. The minimum atomic E-state index is -2.44. The van der Waals surface area contributed by atoms with E-state index in [9.17, 15) is 8.78 Å². The molecule has 0 aromatic rings. The van der Waals surface area contributed by atoms with Crippen LogP contribution < -0.4 is 0 Å². The quantitative estimate of drug-likeness (QED) is 0.791. The SMILES string of the molecule is FC1(F)CCN(CCN2C=C(Br)C=CC2)CC1. The van der Waals surface area contributed by atoms with Crippen LogP contribution in [0.2, 0.25) is 0 Å². The lowest BCUT2D eigenvalue weighted by Crippen LogP contribution is -2.42. The zero-order chi connectivity index (χ0) is 12.3.